The molecule has 1 aliphatic rings. The number of ether oxygens (including phenoxy) is 1. The van der Waals surface area contributed by atoms with Gasteiger partial charge in [0.15, 0.2) is 0 Å². The highest BCUT2D eigenvalue weighted by Crippen LogP contribution is 2.21. The molecule has 1 aromatic carbocycles. The Hall–Kier alpha value is -1.95. The van der Waals surface area contributed by atoms with Gasteiger partial charge in [0.25, 0.3) is 0 Å². The first-order valence-corrected chi connectivity index (χ1v) is 8.50. The second-order valence-electron chi connectivity index (χ2n) is 5.93. The molecule has 6 heteroatoms. The van der Waals surface area contributed by atoms with Gasteiger partial charge in [-0.1, -0.05) is 12.1 Å². The smallest absolute Gasteiger partial charge is 0.307 e. The molecule has 1 aromatic rings. The van der Waals surface area contributed by atoms with Crippen LogP contribution >= 0.6 is 0 Å². The zero-order chi connectivity index (χ0) is 17.4. The lowest BCUT2D eigenvalue weighted by Crippen LogP contribution is -2.36. The van der Waals surface area contributed by atoms with Gasteiger partial charge in [-0.15, -0.1) is 0 Å². The highest BCUT2D eigenvalue weighted by molar-refractivity contribution is 5.79. The van der Waals surface area contributed by atoms with Crippen molar-refractivity contribution in [2.45, 2.75) is 45.2 Å². The van der Waals surface area contributed by atoms with E-state index in [1.807, 2.05) is 0 Å². The van der Waals surface area contributed by atoms with Crippen molar-refractivity contribution < 1.29 is 18.7 Å². The fourth-order valence-corrected chi connectivity index (χ4v) is 2.95. The maximum atomic E-state index is 12.8. The minimum absolute atomic E-state index is 0.114. The Morgan fingerprint density at radius 1 is 1.38 bits per heavy atom. The van der Waals surface area contributed by atoms with E-state index >= 15 is 0 Å². The SMILES string of the molecule is CCOC(=O)CCN1C(=O)CC[C@H]1CCNCc1ccc(F)cc1. The molecule has 2 rings (SSSR count). The Balaban J connectivity index is 1.71. The van der Waals surface area contributed by atoms with Crippen LogP contribution in [-0.4, -0.2) is 42.5 Å². The van der Waals surface area contributed by atoms with E-state index < -0.39 is 0 Å². The van der Waals surface area contributed by atoms with Crippen LogP contribution in [0.1, 0.15) is 38.2 Å². The number of hydrogen-bond acceptors (Lipinski definition) is 4. The van der Waals surface area contributed by atoms with E-state index in [0.717, 1.165) is 24.9 Å². The van der Waals surface area contributed by atoms with Crippen LogP contribution in [0.5, 0.6) is 0 Å². The molecule has 1 aliphatic heterocycles. The molecule has 0 bridgehead atoms. The van der Waals surface area contributed by atoms with E-state index in [4.69, 9.17) is 4.74 Å². The average molecular weight is 336 g/mol. The summed E-state index contributed by atoms with van der Waals surface area (Å²) in [4.78, 5) is 25.2. The summed E-state index contributed by atoms with van der Waals surface area (Å²) in [5.74, 6) is -0.381. The minimum Gasteiger partial charge on any atom is -0.466 e. The number of carbonyl (C=O) groups excluding carboxylic acids is 2. The quantitative estimate of drug-likeness (QED) is 0.555. The molecule has 1 N–H and O–H groups in total. The summed E-state index contributed by atoms with van der Waals surface area (Å²) in [5, 5.41) is 3.32. The number of nitrogens with zero attached hydrogens (tertiary/aromatic N) is 1. The van der Waals surface area contributed by atoms with Crippen LogP contribution in [0, 0.1) is 5.82 Å². The van der Waals surface area contributed by atoms with Gasteiger partial charge in [-0.25, -0.2) is 4.39 Å². The number of benzene rings is 1. The molecule has 1 saturated heterocycles. The molecule has 0 spiro atoms. The van der Waals surface area contributed by atoms with Gasteiger partial charge in [0.2, 0.25) is 5.91 Å². The summed E-state index contributed by atoms with van der Waals surface area (Å²) in [5.41, 5.74) is 1.03. The number of esters is 1. The van der Waals surface area contributed by atoms with Crippen LogP contribution in [0.15, 0.2) is 24.3 Å². The van der Waals surface area contributed by atoms with Gasteiger partial charge in [0.1, 0.15) is 5.82 Å². The molecule has 1 fully saturated rings. The van der Waals surface area contributed by atoms with Gasteiger partial charge in [-0.2, -0.15) is 0 Å². The first-order valence-electron chi connectivity index (χ1n) is 8.50. The summed E-state index contributed by atoms with van der Waals surface area (Å²) in [6.07, 6.45) is 2.47. The highest BCUT2D eigenvalue weighted by Gasteiger charge is 2.30. The molecule has 0 aliphatic carbocycles. The lowest BCUT2D eigenvalue weighted by Gasteiger charge is -2.24. The van der Waals surface area contributed by atoms with Gasteiger partial charge in [-0.3, -0.25) is 9.59 Å². The average Bonchev–Trinajstić information content (AvgIpc) is 2.92. The molecule has 0 radical (unpaired) electrons. The zero-order valence-electron chi connectivity index (χ0n) is 14.1. The Bertz CT molecular complexity index is 548. The van der Waals surface area contributed by atoms with E-state index in [2.05, 4.69) is 5.32 Å². The van der Waals surface area contributed by atoms with Crippen molar-refractivity contribution in [3.05, 3.63) is 35.6 Å². The summed E-state index contributed by atoms with van der Waals surface area (Å²) in [6, 6.07) is 6.58. The zero-order valence-corrected chi connectivity index (χ0v) is 14.1. The first kappa shape index (κ1) is 18.4. The molecular formula is C18H25FN2O3. The molecule has 1 heterocycles. The van der Waals surface area contributed by atoms with Crippen LogP contribution in [0.25, 0.3) is 0 Å². The van der Waals surface area contributed by atoms with Gasteiger partial charge in [-0.05, 0) is 44.0 Å². The largest absolute Gasteiger partial charge is 0.466 e. The van der Waals surface area contributed by atoms with Crippen LogP contribution in [0.3, 0.4) is 0 Å². The van der Waals surface area contributed by atoms with Crippen LogP contribution in [0.4, 0.5) is 4.39 Å². The number of nitrogens with one attached hydrogen (secondary N) is 1. The fraction of sp³-hybridized carbons (Fsp3) is 0.556. The number of hydrogen-bond donors (Lipinski definition) is 1. The van der Waals surface area contributed by atoms with Crippen LogP contribution < -0.4 is 5.32 Å². The third-order valence-corrected chi connectivity index (χ3v) is 4.21. The van der Waals surface area contributed by atoms with Crippen molar-refractivity contribution in [2.24, 2.45) is 0 Å². The lowest BCUT2D eigenvalue weighted by molar-refractivity contribution is -0.144. The van der Waals surface area contributed by atoms with E-state index in [9.17, 15) is 14.0 Å². The molecule has 132 valence electrons. The van der Waals surface area contributed by atoms with E-state index in [1.165, 1.54) is 12.1 Å². The number of halogens is 1. The number of amides is 1. The monoisotopic (exact) mass is 336 g/mol. The molecular weight excluding hydrogens is 311 g/mol. The Labute approximate surface area is 142 Å². The summed E-state index contributed by atoms with van der Waals surface area (Å²) in [6.45, 7) is 4.01. The molecule has 24 heavy (non-hydrogen) atoms. The number of carbonyl (C=O) groups is 2. The Morgan fingerprint density at radius 3 is 2.83 bits per heavy atom. The maximum Gasteiger partial charge on any atom is 0.307 e. The third-order valence-electron chi connectivity index (χ3n) is 4.21. The van der Waals surface area contributed by atoms with E-state index in [1.54, 1.807) is 24.0 Å². The van der Waals surface area contributed by atoms with Gasteiger partial charge >= 0.3 is 5.97 Å². The second kappa shape index (κ2) is 9.37. The maximum absolute atomic E-state index is 12.8. The minimum atomic E-state index is -0.259. The van der Waals surface area contributed by atoms with Crippen molar-refractivity contribution in [3.8, 4) is 0 Å². The molecule has 1 amide bonds. The summed E-state index contributed by atoms with van der Waals surface area (Å²) in [7, 11) is 0. The second-order valence-corrected chi connectivity index (χ2v) is 5.93. The molecule has 1 atom stereocenters. The van der Waals surface area contributed by atoms with Gasteiger partial charge in [0, 0.05) is 25.6 Å². The van der Waals surface area contributed by atoms with Crippen molar-refractivity contribution in [3.63, 3.8) is 0 Å². The molecule has 5 nitrogen and oxygen atoms in total. The van der Waals surface area contributed by atoms with Crippen molar-refractivity contribution >= 4 is 11.9 Å². The van der Waals surface area contributed by atoms with Crippen LogP contribution in [0.2, 0.25) is 0 Å². The predicted molar refractivity (Wildman–Crippen MR) is 88.7 cm³/mol. The first-order chi connectivity index (χ1) is 11.6. The summed E-state index contributed by atoms with van der Waals surface area (Å²) < 4.78 is 17.8. The molecule has 0 aromatic heterocycles. The van der Waals surface area contributed by atoms with Crippen molar-refractivity contribution in [1.29, 1.82) is 0 Å². The fourth-order valence-electron chi connectivity index (χ4n) is 2.95. The standard InChI is InChI=1S/C18H25FN2O3/c1-2-24-18(23)10-12-21-16(7-8-17(21)22)9-11-20-13-14-3-5-15(19)6-4-14/h3-6,16,20H,2,7-13H2,1H3/t16-/m0/s1. The normalized spacial score (nSPS) is 17.3. The topological polar surface area (TPSA) is 58.6 Å². The molecule has 0 unspecified atom stereocenters. The predicted octanol–water partition coefficient (Wildman–Crippen LogP) is 2.25. The van der Waals surface area contributed by atoms with Crippen LogP contribution in [-0.2, 0) is 20.9 Å². The van der Waals surface area contributed by atoms with E-state index in [-0.39, 0.29) is 30.2 Å². The van der Waals surface area contributed by atoms with Crippen molar-refractivity contribution in [1.82, 2.24) is 10.2 Å². The van der Waals surface area contributed by atoms with Gasteiger partial charge < -0.3 is 15.0 Å². The number of rotatable bonds is 9. The third kappa shape index (κ3) is 5.60. The van der Waals surface area contributed by atoms with E-state index in [0.29, 0.717) is 26.1 Å². The van der Waals surface area contributed by atoms with Crippen molar-refractivity contribution in [2.75, 3.05) is 19.7 Å². The highest BCUT2D eigenvalue weighted by atomic mass is 19.1. The Morgan fingerprint density at radius 2 is 2.12 bits per heavy atom. The van der Waals surface area contributed by atoms with Gasteiger partial charge in [0.05, 0.1) is 13.0 Å². The molecule has 0 saturated carbocycles. The number of likely N-dealkylation sites (tertiary alicyclic amines) is 1. The Kier molecular flexibility index (Phi) is 7.18. The summed E-state index contributed by atoms with van der Waals surface area (Å²) >= 11 is 0. The lowest BCUT2D eigenvalue weighted by atomic mass is 10.1.